The number of aryl methyl sites for hydroxylation is 1. The number of amides is 1. The van der Waals surface area contributed by atoms with Crippen LogP contribution in [0.1, 0.15) is 47.1 Å². The molecular formula is C18H20N4O2. The molecule has 6 heteroatoms. The summed E-state index contributed by atoms with van der Waals surface area (Å²) in [6.45, 7) is 2.33. The first-order valence-electron chi connectivity index (χ1n) is 8.52. The standard InChI is InChI=1S/C18H20N4O2/c23-17-10-15(22-9-3-6-16(22)20-17)14-5-2-8-21(12-14)18(24)13-4-1-7-19-11-13/h1,4,7,10-11,14H,2-3,5-6,8-9,12H2/t14-/m0/s1. The molecule has 4 rings (SSSR count). The summed E-state index contributed by atoms with van der Waals surface area (Å²) in [6.07, 6.45) is 7.13. The van der Waals surface area contributed by atoms with Crippen molar-refractivity contribution in [2.45, 2.75) is 38.1 Å². The number of hydrogen-bond acceptors (Lipinski definition) is 4. The van der Waals surface area contributed by atoms with Crippen molar-refractivity contribution in [2.75, 3.05) is 13.1 Å². The molecule has 2 aliphatic heterocycles. The van der Waals surface area contributed by atoms with E-state index in [1.807, 2.05) is 4.90 Å². The summed E-state index contributed by atoms with van der Waals surface area (Å²) in [7, 11) is 0. The van der Waals surface area contributed by atoms with Crippen molar-refractivity contribution in [3.63, 3.8) is 0 Å². The van der Waals surface area contributed by atoms with E-state index < -0.39 is 0 Å². The lowest BCUT2D eigenvalue weighted by Gasteiger charge is -2.34. The van der Waals surface area contributed by atoms with Crippen molar-refractivity contribution in [3.05, 3.63) is 58.0 Å². The molecule has 0 aliphatic carbocycles. The van der Waals surface area contributed by atoms with E-state index in [0.29, 0.717) is 12.1 Å². The van der Waals surface area contributed by atoms with Gasteiger partial charge in [0.15, 0.2) is 0 Å². The third-order valence-corrected chi connectivity index (χ3v) is 4.95. The highest BCUT2D eigenvalue weighted by Crippen LogP contribution is 2.29. The van der Waals surface area contributed by atoms with Gasteiger partial charge in [0.1, 0.15) is 5.82 Å². The van der Waals surface area contributed by atoms with Crippen LogP contribution in [0.5, 0.6) is 0 Å². The summed E-state index contributed by atoms with van der Waals surface area (Å²) in [4.78, 5) is 34.7. The van der Waals surface area contributed by atoms with Crippen LogP contribution in [0, 0.1) is 0 Å². The number of carbonyl (C=O) groups excluding carboxylic acids is 1. The van der Waals surface area contributed by atoms with Crippen LogP contribution in [0.2, 0.25) is 0 Å². The number of fused-ring (bicyclic) bond motifs is 1. The second-order valence-electron chi connectivity index (χ2n) is 6.52. The lowest BCUT2D eigenvalue weighted by atomic mass is 9.93. The number of pyridine rings is 1. The minimum Gasteiger partial charge on any atom is -0.338 e. The Morgan fingerprint density at radius 2 is 2.17 bits per heavy atom. The zero-order valence-electron chi connectivity index (χ0n) is 13.5. The molecule has 2 aromatic rings. The minimum absolute atomic E-state index is 0.0193. The highest BCUT2D eigenvalue weighted by Gasteiger charge is 2.29. The van der Waals surface area contributed by atoms with Crippen molar-refractivity contribution in [1.82, 2.24) is 19.4 Å². The average Bonchev–Trinajstić information content (AvgIpc) is 3.09. The Balaban J connectivity index is 1.60. The Morgan fingerprint density at radius 1 is 1.25 bits per heavy atom. The van der Waals surface area contributed by atoms with Crippen LogP contribution >= 0.6 is 0 Å². The molecule has 1 saturated heterocycles. The van der Waals surface area contributed by atoms with E-state index in [1.165, 1.54) is 0 Å². The van der Waals surface area contributed by atoms with Gasteiger partial charge in [-0.25, -0.2) is 0 Å². The molecule has 24 heavy (non-hydrogen) atoms. The molecule has 0 bridgehead atoms. The molecule has 2 aliphatic rings. The lowest BCUT2D eigenvalue weighted by molar-refractivity contribution is 0.0704. The molecule has 124 valence electrons. The fourth-order valence-electron chi connectivity index (χ4n) is 3.83. The van der Waals surface area contributed by atoms with Crippen LogP contribution in [0.25, 0.3) is 0 Å². The van der Waals surface area contributed by atoms with Crippen molar-refractivity contribution >= 4 is 5.91 Å². The van der Waals surface area contributed by atoms with E-state index in [-0.39, 0.29) is 17.4 Å². The zero-order chi connectivity index (χ0) is 16.5. The number of nitrogens with zero attached hydrogens (tertiary/aromatic N) is 4. The van der Waals surface area contributed by atoms with Gasteiger partial charge < -0.3 is 9.47 Å². The first-order chi connectivity index (χ1) is 11.7. The fourth-order valence-corrected chi connectivity index (χ4v) is 3.83. The van der Waals surface area contributed by atoms with Crippen molar-refractivity contribution in [1.29, 1.82) is 0 Å². The smallest absolute Gasteiger partial charge is 0.273 e. The summed E-state index contributed by atoms with van der Waals surface area (Å²) in [5.41, 5.74) is 1.51. The van der Waals surface area contributed by atoms with Gasteiger partial charge in [0.05, 0.1) is 5.56 Å². The molecule has 1 fully saturated rings. The minimum atomic E-state index is -0.158. The lowest BCUT2D eigenvalue weighted by Crippen LogP contribution is -2.40. The third-order valence-electron chi connectivity index (χ3n) is 4.95. The Hall–Kier alpha value is -2.50. The molecule has 0 saturated carbocycles. The van der Waals surface area contributed by atoms with Crippen LogP contribution < -0.4 is 5.56 Å². The van der Waals surface area contributed by atoms with Gasteiger partial charge in [-0.3, -0.25) is 14.6 Å². The molecule has 1 amide bonds. The molecule has 4 heterocycles. The maximum Gasteiger partial charge on any atom is 0.273 e. The van der Waals surface area contributed by atoms with Crippen molar-refractivity contribution in [3.8, 4) is 0 Å². The van der Waals surface area contributed by atoms with Crippen LogP contribution in [0.3, 0.4) is 0 Å². The second-order valence-corrected chi connectivity index (χ2v) is 6.52. The summed E-state index contributed by atoms with van der Waals surface area (Å²) in [5.74, 6) is 1.12. The number of rotatable bonds is 2. The van der Waals surface area contributed by atoms with Crippen LogP contribution in [0.4, 0.5) is 0 Å². The molecule has 0 N–H and O–H groups in total. The Morgan fingerprint density at radius 3 is 3.00 bits per heavy atom. The van der Waals surface area contributed by atoms with Gasteiger partial charge in [-0.05, 0) is 31.4 Å². The summed E-state index contributed by atoms with van der Waals surface area (Å²) in [5, 5.41) is 0. The third kappa shape index (κ3) is 2.72. The fraction of sp³-hybridized carbons (Fsp3) is 0.444. The molecule has 6 nitrogen and oxygen atoms in total. The molecule has 0 unspecified atom stereocenters. The van der Waals surface area contributed by atoms with Gasteiger partial charge >= 0.3 is 0 Å². The van der Waals surface area contributed by atoms with Crippen LogP contribution in [-0.4, -0.2) is 38.4 Å². The van der Waals surface area contributed by atoms with Gasteiger partial charge in [-0.2, -0.15) is 4.98 Å². The summed E-state index contributed by atoms with van der Waals surface area (Å²) >= 11 is 0. The van der Waals surface area contributed by atoms with Gasteiger partial charge in [0, 0.05) is 56.1 Å². The molecule has 1 atom stereocenters. The predicted molar refractivity (Wildman–Crippen MR) is 88.9 cm³/mol. The first-order valence-corrected chi connectivity index (χ1v) is 8.52. The molecular weight excluding hydrogens is 304 g/mol. The number of aromatic nitrogens is 3. The van der Waals surface area contributed by atoms with E-state index in [0.717, 1.165) is 50.3 Å². The van der Waals surface area contributed by atoms with E-state index >= 15 is 0 Å². The predicted octanol–water partition coefficient (Wildman–Crippen LogP) is 1.60. The van der Waals surface area contributed by atoms with Crippen LogP contribution in [-0.2, 0) is 13.0 Å². The van der Waals surface area contributed by atoms with E-state index in [1.54, 1.807) is 30.6 Å². The molecule has 0 spiro atoms. The SMILES string of the molecule is O=C(c1cccnc1)N1CCC[C@H](c2cc(=O)nc3n2CCC3)C1. The summed E-state index contributed by atoms with van der Waals surface area (Å²) < 4.78 is 2.18. The van der Waals surface area contributed by atoms with Gasteiger partial charge in [-0.15, -0.1) is 0 Å². The Bertz CT molecular complexity index is 816. The first kappa shape index (κ1) is 15.1. The Labute approximate surface area is 140 Å². The normalized spacial score (nSPS) is 20.0. The highest BCUT2D eigenvalue weighted by molar-refractivity contribution is 5.94. The van der Waals surface area contributed by atoms with Crippen LogP contribution in [0.15, 0.2) is 35.4 Å². The van der Waals surface area contributed by atoms with Gasteiger partial charge in [0.2, 0.25) is 0 Å². The van der Waals surface area contributed by atoms with Gasteiger partial charge in [-0.1, -0.05) is 0 Å². The molecule has 0 radical (unpaired) electrons. The molecule has 2 aromatic heterocycles. The zero-order valence-corrected chi connectivity index (χ0v) is 13.5. The van der Waals surface area contributed by atoms with E-state index in [4.69, 9.17) is 0 Å². The topological polar surface area (TPSA) is 68.1 Å². The maximum absolute atomic E-state index is 12.7. The largest absolute Gasteiger partial charge is 0.338 e. The number of hydrogen-bond donors (Lipinski definition) is 0. The van der Waals surface area contributed by atoms with Crippen molar-refractivity contribution in [2.24, 2.45) is 0 Å². The van der Waals surface area contributed by atoms with Crippen molar-refractivity contribution < 1.29 is 4.79 Å². The quantitative estimate of drug-likeness (QED) is 0.841. The highest BCUT2D eigenvalue weighted by atomic mass is 16.2. The number of piperidine rings is 1. The second kappa shape index (κ2) is 6.19. The summed E-state index contributed by atoms with van der Waals surface area (Å²) in [6, 6.07) is 5.25. The number of carbonyl (C=O) groups is 1. The molecule has 0 aromatic carbocycles. The maximum atomic E-state index is 12.7. The average molecular weight is 324 g/mol. The van der Waals surface area contributed by atoms with E-state index in [9.17, 15) is 9.59 Å². The monoisotopic (exact) mass is 324 g/mol. The Kier molecular flexibility index (Phi) is 3.88. The van der Waals surface area contributed by atoms with Gasteiger partial charge in [0.25, 0.3) is 11.5 Å². The number of likely N-dealkylation sites (tertiary alicyclic amines) is 1. The van der Waals surface area contributed by atoms with E-state index in [2.05, 4.69) is 14.5 Å².